The van der Waals surface area contributed by atoms with Crippen molar-refractivity contribution in [3.05, 3.63) is 124 Å². The Morgan fingerprint density at radius 3 is 2.07 bits per heavy atom. The number of aromatic nitrogens is 1. The Morgan fingerprint density at radius 1 is 0.907 bits per heavy atom. The van der Waals surface area contributed by atoms with Crippen molar-refractivity contribution < 1.29 is 41.0 Å². The van der Waals surface area contributed by atoms with Gasteiger partial charge in [0.25, 0.3) is 0 Å². The number of Topliss-reactive ketones (excluding diaryl/α,β-unsaturated/α-hetero) is 1. The van der Waals surface area contributed by atoms with Crippen LogP contribution >= 0.6 is 11.3 Å². The maximum atomic E-state index is 15.0. The highest BCUT2D eigenvalue weighted by molar-refractivity contribution is 7.89. The van der Waals surface area contributed by atoms with Gasteiger partial charge in [0.1, 0.15) is 6.04 Å². The van der Waals surface area contributed by atoms with Gasteiger partial charge in [-0.3, -0.25) is 4.79 Å². The number of nitrogens with zero attached hydrogens (tertiary/aromatic N) is 1. The summed E-state index contributed by atoms with van der Waals surface area (Å²) in [7, 11) is -3.16. The highest BCUT2D eigenvalue weighted by Gasteiger charge is 2.46. The van der Waals surface area contributed by atoms with Crippen molar-refractivity contribution in [2.45, 2.75) is 68.6 Å². The number of hydrogen-bond donors (Lipinski definition) is 3. The number of carbonyl (C=O) groups excluding carboxylic acids is 2. The van der Waals surface area contributed by atoms with Crippen molar-refractivity contribution in [1.29, 1.82) is 0 Å². The fourth-order valence-corrected chi connectivity index (χ4v) is 9.36. The number of hydrogen-bond acceptors (Lipinski definition) is 7. The number of methoxy groups -OCH3 is 1. The van der Waals surface area contributed by atoms with E-state index in [1.165, 1.54) is 24.3 Å². The average Bonchev–Trinajstić information content (AvgIpc) is 3.81. The van der Waals surface area contributed by atoms with Crippen LogP contribution in [0.4, 0.5) is 18.0 Å². The zero-order chi connectivity index (χ0) is 39.3. The Labute approximate surface area is 317 Å². The van der Waals surface area contributed by atoms with Crippen molar-refractivity contribution in [3.63, 3.8) is 0 Å². The van der Waals surface area contributed by atoms with Crippen LogP contribution in [-0.2, 0) is 19.6 Å². The molecule has 0 saturated carbocycles. The van der Waals surface area contributed by atoms with Gasteiger partial charge in [-0.2, -0.15) is 17.5 Å². The number of aliphatic hydroxyl groups excluding tert-OH is 1. The molecule has 2 aromatic heterocycles. The number of aromatic amines is 1. The first-order chi connectivity index (χ1) is 25.5. The Kier molecular flexibility index (Phi) is 12.7. The van der Waals surface area contributed by atoms with E-state index in [0.29, 0.717) is 34.3 Å². The standard InChI is InChI=1S/C40H44F3N3O6S2/c1-39(2,3)20-22-46(54(50,51)29-15-16-31-28(23-29)19-21-44-31)32(25-47)35-18-17-34(53-35)30(40(41,42)43)24-33(48)37(45-38(49)52-4)36(26-11-7-5-8-12-26)27-13-9-6-10-14-27/h5-19,21,23,30,32,36-37,44,47H,20,22,24-25H2,1-4H3,(H,45,49)/t30-,32-,37-/m1/s1. The van der Waals surface area contributed by atoms with E-state index in [2.05, 4.69) is 10.3 Å². The predicted octanol–water partition coefficient (Wildman–Crippen LogP) is 8.55. The third-order valence-electron chi connectivity index (χ3n) is 9.31. The van der Waals surface area contributed by atoms with E-state index in [-0.39, 0.29) is 26.6 Å². The summed E-state index contributed by atoms with van der Waals surface area (Å²) in [4.78, 5) is 29.7. The number of benzene rings is 3. The molecule has 14 heteroatoms. The number of thiophene rings is 1. The largest absolute Gasteiger partial charge is 0.453 e. The van der Waals surface area contributed by atoms with Gasteiger partial charge in [-0.25, -0.2) is 13.2 Å². The molecule has 0 aliphatic heterocycles. The molecule has 0 saturated heterocycles. The third-order valence-corrected chi connectivity index (χ3v) is 12.5. The molecule has 0 radical (unpaired) electrons. The number of nitrogens with one attached hydrogen (secondary N) is 2. The van der Waals surface area contributed by atoms with E-state index in [0.717, 1.165) is 16.9 Å². The van der Waals surface area contributed by atoms with Gasteiger partial charge >= 0.3 is 12.3 Å². The number of H-pyrrole nitrogens is 1. The number of amides is 1. The Hall–Kier alpha value is -4.50. The van der Waals surface area contributed by atoms with E-state index < -0.39 is 65.0 Å². The molecule has 0 aliphatic carbocycles. The first-order valence-electron chi connectivity index (χ1n) is 17.4. The molecule has 3 atom stereocenters. The highest BCUT2D eigenvalue weighted by Crippen LogP contribution is 2.44. The van der Waals surface area contributed by atoms with E-state index in [4.69, 9.17) is 4.74 Å². The molecule has 1 amide bonds. The Balaban J connectivity index is 1.52. The molecule has 3 N–H and O–H groups in total. The molecule has 0 spiro atoms. The predicted molar refractivity (Wildman–Crippen MR) is 203 cm³/mol. The lowest BCUT2D eigenvalue weighted by molar-refractivity contribution is -0.156. The number of fused-ring (bicyclic) bond motifs is 1. The van der Waals surface area contributed by atoms with E-state index in [1.54, 1.807) is 79.0 Å². The molecule has 0 unspecified atom stereocenters. The fraction of sp³-hybridized carbons (Fsp3) is 0.350. The van der Waals surface area contributed by atoms with Gasteiger partial charge < -0.3 is 20.1 Å². The topological polar surface area (TPSA) is 129 Å². The van der Waals surface area contributed by atoms with E-state index >= 15 is 13.2 Å². The summed E-state index contributed by atoms with van der Waals surface area (Å²) in [5, 5.41) is 13.9. The maximum Gasteiger partial charge on any atom is 0.407 e. The number of sulfonamides is 1. The third kappa shape index (κ3) is 9.59. The average molecular weight is 784 g/mol. The summed E-state index contributed by atoms with van der Waals surface area (Å²) in [5.74, 6) is -4.03. The first-order valence-corrected chi connectivity index (χ1v) is 19.6. The fourth-order valence-electron chi connectivity index (χ4n) is 6.41. The van der Waals surface area contributed by atoms with Crippen molar-refractivity contribution in [2.24, 2.45) is 5.41 Å². The number of rotatable bonds is 15. The van der Waals surface area contributed by atoms with Gasteiger partial charge in [-0.1, -0.05) is 81.4 Å². The smallest absolute Gasteiger partial charge is 0.407 e. The molecular formula is C40H44F3N3O6S2. The zero-order valence-corrected chi connectivity index (χ0v) is 32.0. The Morgan fingerprint density at radius 2 is 1.52 bits per heavy atom. The van der Waals surface area contributed by atoms with Crippen molar-refractivity contribution in [3.8, 4) is 0 Å². The van der Waals surface area contributed by atoms with Gasteiger partial charge in [-0.15, -0.1) is 11.3 Å². The van der Waals surface area contributed by atoms with Crippen LogP contribution in [-0.4, -0.2) is 67.2 Å². The van der Waals surface area contributed by atoms with Crippen LogP contribution in [0.3, 0.4) is 0 Å². The van der Waals surface area contributed by atoms with Crippen LogP contribution in [0.15, 0.2) is 108 Å². The van der Waals surface area contributed by atoms with Crippen LogP contribution in [0.25, 0.3) is 10.9 Å². The number of alkyl halides is 3. The summed E-state index contributed by atoms with van der Waals surface area (Å²) in [6.07, 6.45) is -4.83. The van der Waals surface area contributed by atoms with Gasteiger partial charge in [0.05, 0.1) is 30.6 Å². The lowest BCUT2D eigenvalue weighted by atomic mass is 9.81. The van der Waals surface area contributed by atoms with Crippen molar-refractivity contribution in [1.82, 2.24) is 14.6 Å². The number of ketones is 1. The number of carbonyl (C=O) groups is 2. The van der Waals surface area contributed by atoms with Gasteiger partial charge in [0.2, 0.25) is 10.0 Å². The molecule has 2 heterocycles. The van der Waals surface area contributed by atoms with Crippen LogP contribution in [0.2, 0.25) is 0 Å². The second kappa shape index (κ2) is 16.9. The van der Waals surface area contributed by atoms with E-state index in [1.807, 2.05) is 20.8 Å². The second-order valence-corrected chi connectivity index (χ2v) is 17.3. The zero-order valence-electron chi connectivity index (χ0n) is 30.3. The summed E-state index contributed by atoms with van der Waals surface area (Å²) in [5.41, 5.74) is 1.61. The van der Waals surface area contributed by atoms with Gasteiger partial charge in [0, 0.05) is 45.7 Å². The molecule has 0 aliphatic rings. The summed E-state index contributed by atoms with van der Waals surface area (Å²) in [6, 6.07) is 23.7. The van der Waals surface area contributed by atoms with E-state index in [9.17, 15) is 23.1 Å². The lowest BCUT2D eigenvalue weighted by Gasteiger charge is -2.32. The monoisotopic (exact) mass is 783 g/mol. The molecule has 5 rings (SSSR count). The van der Waals surface area contributed by atoms with Crippen molar-refractivity contribution >= 4 is 44.1 Å². The molecular weight excluding hydrogens is 740 g/mol. The van der Waals surface area contributed by atoms with Crippen molar-refractivity contribution in [2.75, 3.05) is 20.3 Å². The van der Waals surface area contributed by atoms with Crippen LogP contribution < -0.4 is 5.32 Å². The molecule has 0 fully saturated rings. The number of ether oxygens (including phenoxy) is 1. The minimum Gasteiger partial charge on any atom is -0.453 e. The SMILES string of the molecule is COC(=O)N[C@H](C(=O)C[C@H](c1ccc([C@@H](CO)N(CCC(C)(C)C)S(=O)(=O)c2ccc3[nH]ccc3c2)s1)C(F)(F)F)C(c1ccccc1)c1ccccc1. The molecule has 54 heavy (non-hydrogen) atoms. The summed E-state index contributed by atoms with van der Waals surface area (Å²) in [6.45, 7) is 5.10. The van der Waals surface area contributed by atoms with Crippen LogP contribution in [0.5, 0.6) is 0 Å². The summed E-state index contributed by atoms with van der Waals surface area (Å²) < 4.78 is 79.5. The quantitative estimate of drug-likeness (QED) is 0.0977. The second-order valence-electron chi connectivity index (χ2n) is 14.3. The maximum absolute atomic E-state index is 15.0. The normalized spacial score (nSPS) is 14.3. The number of halogens is 3. The molecule has 9 nitrogen and oxygen atoms in total. The van der Waals surface area contributed by atoms with Crippen LogP contribution in [0, 0.1) is 5.41 Å². The molecule has 3 aromatic carbocycles. The van der Waals surface area contributed by atoms with Crippen LogP contribution in [0.1, 0.15) is 72.4 Å². The van der Waals surface area contributed by atoms with Gasteiger partial charge in [-0.05, 0) is 59.4 Å². The lowest BCUT2D eigenvalue weighted by Crippen LogP contribution is -2.46. The first kappa shape index (κ1) is 40.7. The summed E-state index contributed by atoms with van der Waals surface area (Å²) >= 11 is 0.695. The minimum absolute atomic E-state index is 0.0160. The minimum atomic E-state index is -4.90. The number of aliphatic hydroxyl groups is 1. The Bertz CT molecular complexity index is 2090. The molecule has 5 aromatic rings. The molecule has 288 valence electrons. The highest BCUT2D eigenvalue weighted by atomic mass is 32.2. The molecule has 0 bridgehead atoms. The van der Waals surface area contributed by atoms with Gasteiger partial charge in [0.15, 0.2) is 5.78 Å². The number of alkyl carbamates (subject to hydrolysis) is 1.